The lowest BCUT2D eigenvalue weighted by molar-refractivity contribution is -0.120. The predicted octanol–water partition coefficient (Wildman–Crippen LogP) is 1.99. The third-order valence-corrected chi connectivity index (χ3v) is 1.99. The van der Waals surface area contributed by atoms with Gasteiger partial charge < -0.3 is 4.90 Å². The van der Waals surface area contributed by atoms with Crippen LogP contribution in [0.2, 0.25) is 0 Å². The molecular formula is C9H18FNO. The molecule has 0 saturated carbocycles. The summed E-state index contributed by atoms with van der Waals surface area (Å²) in [6.07, 6.45) is 1.74. The van der Waals surface area contributed by atoms with Crippen LogP contribution in [-0.4, -0.2) is 30.1 Å². The standard InChI is InChI=1S/C7H12FNO.C2H6/c1-7(8)2-4-9(6-10)5-3-7;1-2/h6H,2-5H2,1H3;1-2H3. The number of amides is 1. The molecule has 0 aliphatic carbocycles. The number of likely N-dealkylation sites (tertiary alicyclic amines) is 1. The van der Waals surface area contributed by atoms with Crippen molar-refractivity contribution < 1.29 is 9.18 Å². The first-order valence-corrected chi connectivity index (χ1v) is 4.52. The summed E-state index contributed by atoms with van der Waals surface area (Å²) in [4.78, 5) is 11.8. The average molecular weight is 175 g/mol. The smallest absolute Gasteiger partial charge is 0.209 e. The summed E-state index contributed by atoms with van der Waals surface area (Å²) in [6, 6.07) is 0. The summed E-state index contributed by atoms with van der Waals surface area (Å²) in [7, 11) is 0. The molecule has 1 saturated heterocycles. The van der Waals surface area contributed by atoms with Gasteiger partial charge in [-0.15, -0.1) is 0 Å². The van der Waals surface area contributed by atoms with Crippen LogP contribution in [0.25, 0.3) is 0 Å². The lowest BCUT2D eigenvalue weighted by Crippen LogP contribution is -2.39. The normalized spacial score (nSPS) is 20.8. The molecule has 0 unspecified atom stereocenters. The van der Waals surface area contributed by atoms with Crippen LogP contribution in [0.1, 0.15) is 33.6 Å². The summed E-state index contributed by atoms with van der Waals surface area (Å²) >= 11 is 0. The fourth-order valence-electron chi connectivity index (χ4n) is 1.10. The number of carbonyl (C=O) groups is 1. The van der Waals surface area contributed by atoms with Gasteiger partial charge in [0.1, 0.15) is 5.67 Å². The average Bonchev–Trinajstić information content (AvgIpc) is 2.08. The molecule has 0 aromatic heterocycles. The van der Waals surface area contributed by atoms with Gasteiger partial charge in [-0.3, -0.25) is 4.79 Å². The highest BCUT2D eigenvalue weighted by molar-refractivity contribution is 5.47. The Morgan fingerprint density at radius 3 is 2.08 bits per heavy atom. The van der Waals surface area contributed by atoms with Crippen LogP contribution in [0.15, 0.2) is 0 Å². The van der Waals surface area contributed by atoms with Gasteiger partial charge in [0, 0.05) is 13.1 Å². The van der Waals surface area contributed by atoms with E-state index in [1.165, 1.54) is 0 Å². The minimum Gasteiger partial charge on any atom is -0.345 e. The zero-order valence-corrected chi connectivity index (χ0v) is 8.14. The fraction of sp³-hybridized carbons (Fsp3) is 0.889. The molecule has 1 aliphatic heterocycles. The van der Waals surface area contributed by atoms with Crippen molar-refractivity contribution in [3.63, 3.8) is 0 Å². The molecule has 2 nitrogen and oxygen atoms in total. The number of alkyl halides is 1. The molecule has 1 fully saturated rings. The van der Waals surface area contributed by atoms with Crippen molar-refractivity contribution in [2.24, 2.45) is 0 Å². The van der Waals surface area contributed by atoms with Crippen molar-refractivity contribution in [2.45, 2.75) is 39.3 Å². The van der Waals surface area contributed by atoms with E-state index in [0.717, 1.165) is 6.41 Å². The predicted molar refractivity (Wildman–Crippen MR) is 47.7 cm³/mol. The zero-order chi connectivity index (χ0) is 9.61. The first kappa shape index (κ1) is 11.4. The lowest BCUT2D eigenvalue weighted by atomic mass is 9.96. The Balaban J connectivity index is 0.000000561. The molecule has 3 heteroatoms. The van der Waals surface area contributed by atoms with E-state index in [-0.39, 0.29) is 0 Å². The molecule has 0 aromatic carbocycles. The molecule has 12 heavy (non-hydrogen) atoms. The second-order valence-electron chi connectivity index (χ2n) is 3.05. The van der Waals surface area contributed by atoms with Gasteiger partial charge in [0.15, 0.2) is 0 Å². The monoisotopic (exact) mass is 175 g/mol. The number of hydrogen-bond donors (Lipinski definition) is 0. The van der Waals surface area contributed by atoms with Crippen molar-refractivity contribution in [1.82, 2.24) is 4.90 Å². The molecule has 0 N–H and O–H groups in total. The molecule has 0 radical (unpaired) electrons. The quantitative estimate of drug-likeness (QED) is 0.558. The van der Waals surface area contributed by atoms with Gasteiger partial charge in [0.2, 0.25) is 6.41 Å². The third kappa shape index (κ3) is 3.69. The van der Waals surface area contributed by atoms with Crippen LogP contribution >= 0.6 is 0 Å². The van der Waals surface area contributed by atoms with Crippen LogP contribution in [0.5, 0.6) is 0 Å². The molecule has 0 bridgehead atoms. The Labute approximate surface area is 73.7 Å². The summed E-state index contributed by atoms with van der Waals surface area (Å²) in [5.41, 5.74) is -1.04. The number of carbonyl (C=O) groups excluding carboxylic acids is 1. The van der Waals surface area contributed by atoms with E-state index in [1.54, 1.807) is 11.8 Å². The van der Waals surface area contributed by atoms with Gasteiger partial charge >= 0.3 is 0 Å². The molecule has 1 rings (SSSR count). The van der Waals surface area contributed by atoms with Crippen LogP contribution < -0.4 is 0 Å². The number of nitrogens with zero attached hydrogens (tertiary/aromatic N) is 1. The van der Waals surface area contributed by atoms with Crippen molar-refractivity contribution in [3.8, 4) is 0 Å². The Morgan fingerprint density at radius 1 is 1.33 bits per heavy atom. The van der Waals surface area contributed by atoms with E-state index in [2.05, 4.69) is 0 Å². The molecule has 0 spiro atoms. The highest BCUT2D eigenvalue weighted by Gasteiger charge is 2.28. The van der Waals surface area contributed by atoms with E-state index in [0.29, 0.717) is 25.9 Å². The SMILES string of the molecule is CC.CC1(F)CCN(C=O)CC1. The Morgan fingerprint density at radius 2 is 1.75 bits per heavy atom. The van der Waals surface area contributed by atoms with Crippen LogP contribution in [-0.2, 0) is 4.79 Å². The summed E-state index contributed by atoms with van der Waals surface area (Å²) in [5.74, 6) is 0. The van der Waals surface area contributed by atoms with Crippen LogP contribution in [0.4, 0.5) is 4.39 Å². The van der Waals surface area contributed by atoms with Crippen molar-refractivity contribution >= 4 is 6.41 Å². The summed E-state index contributed by atoms with van der Waals surface area (Å²) in [5, 5.41) is 0. The van der Waals surface area contributed by atoms with Crippen molar-refractivity contribution in [2.75, 3.05) is 13.1 Å². The van der Waals surface area contributed by atoms with Gasteiger partial charge in [-0.05, 0) is 19.8 Å². The maximum Gasteiger partial charge on any atom is 0.209 e. The molecule has 0 aromatic rings. The van der Waals surface area contributed by atoms with Gasteiger partial charge in [-0.25, -0.2) is 4.39 Å². The number of hydrogen-bond acceptors (Lipinski definition) is 1. The Bertz CT molecular complexity index is 126. The molecule has 1 heterocycles. The van der Waals surface area contributed by atoms with E-state index < -0.39 is 5.67 Å². The molecule has 1 amide bonds. The van der Waals surface area contributed by atoms with Crippen LogP contribution in [0, 0.1) is 0 Å². The van der Waals surface area contributed by atoms with Crippen LogP contribution in [0.3, 0.4) is 0 Å². The van der Waals surface area contributed by atoms with Gasteiger partial charge in [0.05, 0.1) is 0 Å². The Hall–Kier alpha value is -0.600. The lowest BCUT2D eigenvalue weighted by Gasteiger charge is -2.31. The minimum atomic E-state index is -1.04. The van der Waals surface area contributed by atoms with Gasteiger partial charge in [-0.2, -0.15) is 0 Å². The van der Waals surface area contributed by atoms with E-state index >= 15 is 0 Å². The number of halogens is 1. The first-order chi connectivity index (χ1) is 5.64. The molecule has 0 atom stereocenters. The highest BCUT2D eigenvalue weighted by atomic mass is 19.1. The van der Waals surface area contributed by atoms with Gasteiger partial charge in [-0.1, -0.05) is 13.8 Å². The maximum atomic E-state index is 13.0. The summed E-state index contributed by atoms with van der Waals surface area (Å²) < 4.78 is 13.0. The summed E-state index contributed by atoms with van der Waals surface area (Å²) in [6.45, 7) is 6.72. The van der Waals surface area contributed by atoms with E-state index in [4.69, 9.17) is 0 Å². The largest absolute Gasteiger partial charge is 0.345 e. The molecule has 72 valence electrons. The zero-order valence-electron chi connectivity index (χ0n) is 8.14. The highest BCUT2D eigenvalue weighted by Crippen LogP contribution is 2.24. The fourth-order valence-corrected chi connectivity index (χ4v) is 1.10. The number of rotatable bonds is 1. The molecule has 1 aliphatic rings. The first-order valence-electron chi connectivity index (χ1n) is 4.52. The third-order valence-electron chi connectivity index (χ3n) is 1.99. The van der Waals surface area contributed by atoms with Gasteiger partial charge in [0.25, 0.3) is 0 Å². The minimum absolute atomic E-state index is 0.478. The van der Waals surface area contributed by atoms with E-state index in [9.17, 15) is 9.18 Å². The topological polar surface area (TPSA) is 20.3 Å². The second kappa shape index (κ2) is 5.12. The molecular weight excluding hydrogens is 157 g/mol. The van der Waals surface area contributed by atoms with Crippen molar-refractivity contribution in [1.29, 1.82) is 0 Å². The Kier molecular flexibility index (Phi) is 4.86. The second-order valence-corrected chi connectivity index (χ2v) is 3.05. The number of piperidine rings is 1. The maximum absolute atomic E-state index is 13.0. The van der Waals surface area contributed by atoms with Crippen molar-refractivity contribution in [3.05, 3.63) is 0 Å². The van der Waals surface area contributed by atoms with E-state index in [1.807, 2.05) is 13.8 Å².